The Hall–Kier alpha value is -2.75. The van der Waals surface area contributed by atoms with Gasteiger partial charge in [-0.3, -0.25) is 4.98 Å². The quantitative estimate of drug-likeness (QED) is 0.790. The third-order valence-electron chi connectivity index (χ3n) is 3.04. The number of benzene rings is 1. The molecule has 0 radical (unpaired) electrons. The molecule has 21 heavy (non-hydrogen) atoms. The standard InChI is InChI=1S/C17H16N4/c1-2-18-16-12-15(14-10-6-7-11-19-14)20-17(21-16)13-8-4-3-5-9-13/h3-12H,2H2,1H3,(H,18,20,21). The van der Waals surface area contributed by atoms with Crippen molar-refractivity contribution in [3.05, 3.63) is 60.8 Å². The molecule has 0 atom stereocenters. The van der Waals surface area contributed by atoms with Crippen molar-refractivity contribution >= 4 is 5.82 Å². The molecule has 0 bridgehead atoms. The summed E-state index contributed by atoms with van der Waals surface area (Å²) in [4.78, 5) is 13.6. The van der Waals surface area contributed by atoms with Crippen LogP contribution in [0, 0.1) is 0 Å². The molecular weight excluding hydrogens is 260 g/mol. The van der Waals surface area contributed by atoms with Gasteiger partial charge in [-0.2, -0.15) is 0 Å². The lowest BCUT2D eigenvalue weighted by atomic mass is 10.2. The van der Waals surface area contributed by atoms with Gasteiger partial charge in [0.1, 0.15) is 5.82 Å². The molecule has 0 fully saturated rings. The van der Waals surface area contributed by atoms with Crippen LogP contribution in [0.2, 0.25) is 0 Å². The highest BCUT2D eigenvalue weighted by Crippen LogP contribution is 2.22. The van der Waals surface area contributed by atoms with Gasteiger partial charge >= 0.3 is 0 Å². The summed E-state index contributed by atoms with van der Waals surface area (Å²) in [5.74, 6) is 1.52. The summed E-state index contributed by atoms with van der Waals surface area (Å²) >= 11 is 0. The molecule has 2 aromatic heterocycles. The molecule has 1 N–H and O–H groups in total. The Kier molecular flexibility index (Phi) is 3.87. The van der Waals surface area contributed by atoms with E-state index in [4.69, 9.17) is 0 Å². The first-order chi connectivity index (χ1) is 10.4. The molecule has 0 unspecified atom stereocenters. The first kappa shape index (κ1) is 13.2. The average Bonchev–Trinajstić information content (AvgIpc) is 2.56. The number of rotatable bonds is 4. The smallest absolute Gasteiger partial charge is 0.162 e. The molecule has 0 aliphatic rings. The Morgan fingerprint density at radius 2 is 1.71 bits per heavy atom. The molecule has 2 heterocycles. The van der Waals surface area contributed by atoms with Crippen LogP contribution in [0.4, 0.5) is 5.82 Å². The number of aromatic nitrogens is 3. The van der Waals surface area contributed by atoms with Gasteiger partial charge in [0.25, 0.3) is 0 Å². The van der Waals surface area contributed by atoms with Crippen molar-refractivity contribution < 1.29 is 0 Å². The monoisotopic (exact) mass is 276 g/mol. The largest absolute Gasteiger partial charge is 0.370 e. The summed E-state index contributed by atoms with van der Waals surface area (Å²) in [6, 6.07) is 17.7. The number of anilines is 1. The minimum absolute atomic E-state index is 0.703. The maximum Gasteiger partial charge on any atom is 0.162 e. The van der Waals surface area contributed by atoms with Crippen LogP contribution in [0.15, 0.2) is 60.8 Å². The molecule has 0 saturated heterocycles. The van der Waals surface area contributed by atoms with Gasteiger partial charge in [0.2, 0.25) is 0 Å². The van der Waals surface area contributed by atoms with E-state index in [0.29, 0.717) is 5.82 Å². The van der Waals surface area contributed by atoms with Gasteiger partial charge in [-0.25, -0.2) is 9.97 Å². The second kappa shape index (κ2) is 6.13. The summed E-state index contributed by atoms with van der Waals surface area (Å²) in [5, 5.41) is 3.25. The van der Waals surface area contributed by atoms with E-state index < -0.39 is 0 Å². The van der Waals surface area contributed by atoms with E-state index >= 15 is 0 Å². The van der Waals surface area contributed by atoms with E-state index in [1.807, 2.05) is 61.5 Å². The summed E-state index contributed by atoms with van der Waals surface area (Å²) in [7, 11) is 0. The van der Waals surface area contributed by atoms with Crippen LogP contribution >= 0.6 is 0 Å². The average molecular weight is 276 g/mol. The molecule has 3 rings (SSSR count). The zero-order chi connectivity index (χ0) is 14.5. The summed E-state index contributed by atoms with van der Waals surface area (Å²) in [6.45, 7) is 2.86. The maximum atomic E-state index is 4.64. The second-order valence-electron chi connectivity index (χ2n) is 4.57. The Bertz CT molecular complexity index is 654. The lowest BCUT2D eigenvalue weighted by molar-refractivity contribution is 1.11. The Morgan fingerprint density at radius 1 is 0.905 bits per heavy atom. The molecule has 104 valence electrons. The number of hydrogen-bond acceptors (Lipinski definition) is 4. The zero-order valence-electron chi connectivity index (χ0n) is 11.8. The fraction of sp³-hybridized carbons (Fsp3) is 0.118. The van der Waals surface area contributed by atoms with Gasteiger partial charge in [-0.1, -0.05) is 36.4 Å². The van der Waals surface area contributed by atoms with E-state index in [0.717, 1.165) is 29.3 Å². The number of hydrogen-bond donors (Lipinski definition) is 1. The molecule has 0 amide bonds. The van der Waals surface area contributed by atoms with Crippen molar-refractivity contribution in [3.63, 3.8) is 0 Å². The minimum Gasteiger partial charge on any atom is -0.370 e. The van der Waals surface area contributed by atoms with Crippen molar-refractivity contribution in [3.8, 4) is 22.8 Å². The topological polar surface area (TPSA) is 50.7 Å². The maximum absolute atomic E-state index is 4.64. The fourth-order valence-electron chi connectivity index (χ4n) is 2.08. The van der Waals surface area contributed by atoms with E-state index in [9.17, 15) is 0 Å². The van der Waals surface area contributed by atoms with E-state index in [1.165, 1.54) is 0 Å². The first-order valence-electron chi connectivity index (χ1n) is 6.96. The molecule has 0 aliphatic heterocycles. The van der Waals surface area contributed by atoms with Crippen LogP contribution in [0.3, 0.4) is 0 Å². The van der Waals surface area contributed by atoms with Crippen molar-refractivity contribution in [2.75, 3.05) is 11.9 Å². The summed E-state index contributed by atoms with van der Waals surface area (Å²) in [5.41, 5.74) is 2.66. The number of nitrogens with zero attached hydrogens (tertiary/aromatic N) is 3. The van der Waals surface area contributed by atoms with Crippen LogP contribution in [0.5, 0.6) is 0 Å². The minimum atomic E-state index is 0.703. The lowest BCUT2D eigenvalue weighted by Gasteiger charge is -2.08. The van der Waals surface area contributed by atoms with Crippen molar-refractivity contribution in [2.45, 2.75) is 6.92 Å². The Morgan fingerprint density at radius 3 is 2.43 bits per heavy atom. The van der Waals surface area contributed by atoms with E-state index in [1.54, 1.807) is 6.20 Å². The Balaban J connectivity index is 2.11. The van der Waals surface area contributed by atoms with Crippen LogP contribution in [-0.2, 0) is 0 Å². The number of nitrogens with one attached hydrogen (secondary N) is 1. The summed E-state index contributed by atoms with van der Waals surface area (Å²) in [6.07, 6.45) is 1.77. The van der Waals surface area contributed by atoms with Crippen molar-refractivity contribution in [1.29, 1.82) is 0 Å². The van der Waals surface area contributed by atoms with Gasteiger partial charge in [0, 0.05) is 24.4 Å². The zero-order valence-corrected chi connectivity index (χ0v) is 11.8. The normalized spacial score (nSPS) is 10.3. The highest BCUT2D eigenvalue weighted by molar-refractivity contribution is 5.65. The van der Waals surface area contributed by atoms with Crippen molar-refractivity contribution in [2.24, 2.45) is 0 Å². The second-order valence-corrected chi connectivity index (χ2v) is 4.57. The van der Waals surface area contributed by atoms with Crippen LogP contribution < -0.4 is 5.32 Å². The molecule has 0 saturated carbocycles. The molecule has 1 aromatic carbocycles. The summed E-state index contributed by atoms with van der Waals surface area (Å²) < 4.78 is 0. The first-order valence-corrected chi connectivity index (χ1v) is 6.96. The third kappa shape index (κ3) is 3.05. The van der Waals surface area contributed by atoms with Crippen LogP contribution in [0.1, 0.15) is 6.92 Å². The molecule has 3 aromatic rings. The van der Waals surface area contributed by atoms with Crippen molar-refractivity contribution in [1.82, 2.24) is 15.0 Å². The van der Waals surface area contributed by atoms with Gasteiger partial charge in [-0.05, 0) is 19.1 Å². The molecule has 0 aliphatic carbocycles. The van der Waals surface area contributed by atoms with Gasteiger partial charge in [0.15, 0.2) is 5.82 Å². The predicted molar refractivity (Wildman–Crippen MR) is 84.9 cm³/mol. The molecular formula is C17H16N4. The molecule has 4 nitrogen and oxygen atoms in total. The van der Waals surface area contributed by atoms with Gasteiger partial charge in [-0.15, -0.1) is 0 Å². The van der Waals surface area contributed by atoms with Crippen LogP contribution in [0.25, 0.3) is 22.8 Å². The van der Waals surface area contributed by atoms with E-state index in [-0.39, 0.29) is 0 Å². The number of pyridine rings is 1. The lowest BCUT2D eigenvalue weighted by Crippen LogP contribution is -2.03. The molecule has 4 heteroatoms. The van der Waals surface area contributed by atoms with Crippen LogP contribution in [-0.4, -0.2) is 21.5 Å². The highest BCUT2D eigenvalue weighted by Gasteiger charge is 2.08. The fourth-order valence-corrected chi connectivity index (χ4v) is 2.08. The third-order valence-corrected chi connectivity index (χ3v) is 3.04. The highest BCUT2D eigenvalue weighted by atomic mass is 15.0. The van der Waals surface area contributed by atoms with Gasteiger partial charge in [0.05, 0.1) is 11.4 Å². The predicted octanol–water partition coefficient (Wildman–Crippen LogP) is 3.64. The SMILES string of the molecule is CCNc1cc(-c2ccccn2)nc(-c2ccccc2)n1. The Labute approximate surface area is 123 Å². The molecule has 0 spiro atoms. The van der Waals surface area contributed by atoms with E-state index in [2.05, 4.69) is 20.3 Å². The van der Waals surface area contributed by atoms with Gasteiger partial charge < -0.3 is 5.32 Å².